The fourth-order valence-corrected chi connectivity index (χ4v) is 2.41. The van der Waals surface area contributed by atoms with Crippen molar-refractivity contribution in [2.24, 2.45) is 0 Å². The molecule has 0 aliphatic rings. The molecule has 0 amide bonds. The van der Waals surface area contributed by atoms with Gasteiger partial charge in [-0.2, -0.15) is 5.26 Å². The number of hydrogen-bond donors (Lipinski definition) is 2. The summed E-state index contributed by atoms with van der Waals surface area (Å²) in [6.07, 6.45) is 1.24. The van der Waals surface area contributed by atoms with Gasteiger partial charge in [0.25, 0.3) is 0 Å². The summed E-state index contributed by atoms with van der Waals surface area (Å²) in [4.78, 5) is 13.9. The third-order valence-corrected chi connectivity index (χ3v) is 3.72. The standard InChI is InChI=1S/C10H13N5O4S/c1-2-14-20(18,19)6-5-13-10-9(15(16)17)8(7-11)3-4-12-10/h3-4,14H,2,5-6H2,1H3,(H,12,13). The van der Waals surface area contributed by atoms with Crippen LogP contribution in [0.2, 0.25) is 0 Å². The predicted molar refractivity (Wildman–Crippen MR) is 71.6 cm³/mol. The molecule has 0 saturated heterocycles. The van der Waals surface area contributed by atoms with E-state index in [-0.39, 0.29) is 30.2 Å². The molecule has 20 heavy (non-hydrogen) atoms. The van der Waals surface area contributed by atoms with Gasteiger partial charge < -0.3 is 5.32 Å². The maximum absolute atomic E-state index is 11.4. The maximum Gasteiger partial charge on any atom is 0.328 e. The van der Waals surface area contributed by atoms with E-state index in [1.54, 1.807) is 13.0 Å². The molecular weight excluding hydrogens is 286 g/mol. The molecule has 1 aromatic rings. The Morgan fingerprint density at radius 3 is 2.80 bits per heavy atom. The quantitative estimate of drug-likeness (QED) is 0.542. The van der Waals surface area contributed by atoms with Gasteiger partial charge in [-0.15, -0.1) is 0 Å². The van der Waals surface area contributed by atoms with Gasteiger partial charge in [-0.25, -0.2) is 18.1 Å². The van der Waals surface area contributed by atoms with Crippen LogP contribution in [-0.4, -0.2) is 37.2 Å². The van der Waals surface area contributed by atoms with Crippen molar-refractivity contribution in [3.63, 3.8) is 0 Å². The molecule has 9 nitrogen and oxygen atoms in total. The molecule has 10 heteroatoms. The van der Waals surface area contributed by atoms with Gasteiger partial charge in [0.15, 0.2) is 0 Å². The van der Waals surface area contributed by atoms with Crippen molar-refractivity contribution >= 4 is 21.5 Å². The number of hydrogen-bond acceptors (Lipinski definition) is 7. The Morgan fingerprint density at radius 1 is 1.55 bits per heavy atom. The Labute approximate surface area is 115 Å². The van der Waals surface area contributed by atoms with Gasteiger partial charge in [-0.3, -0.25) is 10.1 Å². The molecule has 1 aromatic heterocycles. The zero-order valence-corrected chi connectivity index (χ0v) is 11.5. The summed E-state index contributed by atoms with van der Waals surface area (Å²) in [5.74, 6) is -0.378. The van der Waals surface area contributed by atoms with Gasteiger partial charge in [0.05, 0.1) is 10.7 Å². The molecule has 1 rings (SSSR count). The summed E-state index contributed by atoms with van der Waals surface area (Å²) in [7, 11) is -3.43. The molecular formula is C10H13N5O4S. The molecule has 1 heterocycles. The lowest BCUT2D eigenvalue weighted by atomic mass is 10.2. The normalized spacial score (nSPS) is 10.8. The van der Waals surface area contributed by atoms with Crippen molar-refractivity contribution in [1.82, 2.24) is 9.71 Å². The van der Waals surface area contributed by atoms with Crippen molar-refractivity contribution in [2.45, 2.75) is 6.92 Å². The molecule has 0 spiro atoms. The summed E-state index contributed by atoms with van der Waals surface area (Å²) in [6, 6.07) is 2.91. The van der Waals surface area contributed by atoms with Gasteiger partial charge in [-0.05, 0) is 6.07 Å². The average molecular weight is 299 g/mol. The minimum absolute atomic E-state index is 0.0575. The lowest BCUT2D eigenvalue weighted by molar-refractivity contribution is -0.384. The van der Waals surface area contributed by atoms with Gasteiger partial charge in [-0.1, -0.05) is 6.92 Å². The summed E-state index contributed by atoms with van der Waals surface area (Å²) in [5, 5.41) is 22.3. The van der Waals surface area contributed by atoms with E-state index in [0.717, 1.165) is 0 Å². The third kappa shape index (κ3) is 4.15. The molecule has 0 fully saturated rings. The molecule has 0 atom stereocenters. The molecule has 0 aromatic carbocycles. The molecule has 0 unspecified atom stereocenters. The fraction of sp³-hybridized carbons (Fsp3) is 0.400. The molecule has 0 radical (unpaired) electrons. The van der Waals surface area contributed by atoms with Crippen molar-refractivity contribution in [3.05, 3.63) is 27.9 Å². The highest BCUT2D eigenvalue weighted by atomic mass is 32.2. The Balaban J connectivity index is 2.84. The van der Waals surface area contributed by atoms with Crippen LogP contribution in [0, 0.1) is 21.4 Å². The molecule has 108 valence electrons. The molecule has 2 N–H and O–H groups in total. The smallest absolute Gasteiger partial charge is 0.328 e. The van der Waals surface area contributed by atoms with Crippen LogP contribution in [0.5, 0.6) is 0 Å². The largest absolute Gasteiger partial charge is 0.363 e. The van der Waals surface area contributed by atoms with Crippen molar-refractivity contribution in [2.75, 3.05) is 24.2 Å². The number of aromatic nitrogens is 1. The zero-order valence-electron chi connectivity index (χ0n) is 10.7. The first-order chi connectivity index (χ1) is 9.41. The predicted octanol–water partition coefficient (Wildman–Crippen LogP) is 0.213. The van der Waals surface area contributed by atoms with E-state index >= 15 is 0 Å². The van der Waals surface area contributed by atoms with E-state index in [2.05, 4.69) is 15.0 Å². The minimum Gasteiger partial charge on any atom is -0.363 e. The van der Waals surface area contributed by atoms with Gasteiger partial charge in [0.1, 0.15) is 11.6 Å². The van der Waals surface area contributed by atoms with Crippen LogP contribution in [0.3, 0.4) is 0 Å². The summed E-state index contributed by atoms with van der Waals surface area (Å²) in [6.45, 7) is 1.86. The highest BCUT2D eigenvalue weighted by Crippen LogP contribution is 2.25. The van der Waals surface area contributed by atoms with Crippen LogP contribution in [0.25, 0.3) is 0 Å². The Bertz CT molecular complexity index is 638. The van der Waals surface area contributed by atoms with Crippen LogP contribution in [0.4, 0.5) is 11.5 Å². The Hall–Kier alpha value is -2.25. The summed E-state index contributed by atoms with van der Waals surface area (Å²) in [5.41, 5.74) is -0.599. The van der Waals surface area contributed by atoms with Crippen LogP contribution in [-0.2, 0) is 10.0 Å². The highest BCUT2D eigenvalue weighted by molar-refractivity contribution is 7.89. The van der Waals surface area contributed by atoms with Crippen molar-refractivity contribution < 1.29 is 13.3 Å². The molecule has 0 bridgehead atoms. The first kappa shape index (κ1) is 15.8. The van der Waals surface area contributed by atoms with Gasteiger partial charge >= 0.3 is 5.69 Å². The van der Waals surface area contributed by atoms with Crippen LogP contribution >= 0.6 is 0 Å². The van der Waals surface area contributed by atoms with E-state index in [1.807, 2.05) is 0 Å². The number of nitro groups is 1. The molecule has 0 aliphatic heterocycles. The Morgan fingerprint density at radius 2 is 2.25 bits per heavy atom. The number of nitrogens with zero attached hydrogens (tertiary/aromatic N) is 3. The highest BCUT2D eigenvalue weighted by Gasteiger charge is 2.21. The number of nitrogens with one attached hydrogen (secondary N) is 2. The molecule has 0 aliphatic carbocycles. The minimum atomic E-state index is -3.43. The monoisotopic (exact) mass is 299 g/mol. The Kier molecular flexibility index (Phi) is 5.36. The number of pyridine rings is 1. The number of anilines is 1. The summed E-state index contributed by atoms with van der Waals surface area (Å²) >= 11 is 0. The SMILES string of the molecule is CCNS(=O)(=O)CCNc1nccc(C#N)c1[N+](=O)[O-]. The first-order valence-corrected chi connectivity index (χ1v) is 7.31. The zero-order chi connectivity index (χ0) is 15.2. The van der Waals surface area contributed by atoms with E-state index in [0.29, 0.717) is 0 Å². The van der Waals surface area contributed by atoms with Crippen molar-refractivity contribution in [1.29, 1.82) is 5.26 Å². The van der Waals surface area contributed by atoms with Crippen LogP contribution in [0.15, 0.2) is 12.3 Å². The van der Waals surface area contributed by atoms with Crippen molar-refractivity contribution in [3.8, 4) is 6.07 Å². The third-order valence-electron chi connectivity index (χ3n) is 2.25. The van der Waals surface area contributed by atoms with Gasteiger partial charge in [0.2, 0.25) is 15.8 Å². The van der Waals surface area contributed by atoms with E-state index in [4.69, 9.17) is 5.26 Å². The summed E-state index contributed by atoms with van der Waals surface area (Å²) < 4.78 is 25.1. The van der Waals surface area contributed by atoms with Gasteiger partial charge in [0, 0.05) is 19.3 Å². The number of sulfonamides is 1. The van der Waals surface area contributed by atoms with Crippen LogP contribution < -0.4 is 10.0 Å². The average Bonchev–Trinajstić information content (AvgIpc) is 2.37. The topological polar surface area (TPSA) is 138 Å². The second-order valence-corrected chi connectivity index (χ2v) is 5.59. The molecule has 0 saturated carbocycles. The second-order valence-electron chi connectivity index (χ2n) is 3.67. The maximum atomic E-state index is 11.4. The van der Waals surface area contributed by atoms with E-state index in [1.165, 1.54) is 12.3 Å². The lowest BCUT2D eigenvalue weighted by Crippen LogP contribution is -2.29. The van der Waals surface area contributed by atoms with E-state index < -0.39 is 20.6 Å². The second kappa shape index (κ2) is 6.78. The van der Waals surface area contributed by atoms with E-state index in [9.17, 15) is 18.5 Å². The number of rotatable bonds is 7. The fourth-order valence-electron chi connectivity index (χ4n) is 1.45. The lowest BCUT2D eigenvalue weighted by Gasteiger charge is -2.07. The first-order valence-electron chi connectivity index (χ1n) is 5.66. The van der Waals surface area contributed by atoms with Crippen LogP contribution in [0.1, 0.15) is 12.5 Å². The number of nitriles is 1.